The normalized spacial score (nSPS) is 24.6. The monoisotopic (exact) mass is 256 g/mol. The van der Waals surface area contributed by atoms with Gasteiger partial charge in [-0.25, -0.2) is 0 Å². The van der Waals surface area contributed by atoms with Crippen molar-refractivity contribution in [3.8, 4) is 0 Å². The second kappa shape index (κ2) is 5.55. The van der Waals surface area contributed by atoms with Crippen LogP contribution in [0.3, 0.4) is 0 Å². The van der Waals surface area contributed by atoms with Gasteiger partial charge >= 0.3 is 5.97 Å². The van der Waals surface area contributed by atoms with Crippen LogP contribution in [0.25, 0.3) is 0 Å². The van der Waals surface area contributed by atoms with Crippen LogP contribution in [-0.2, 0) is 20.9 Å². The van der Waals surface area contributed by atoms with E-state index >= 15 is 0 Å². The zero-order chi connectivity index (χ0) is 12.3. The van der Waals surface area contributed by atoms with Crippen LogP contribution in [0.4, 0.5) is 0 Å². The second-order valence-electron chi connectivity index (χ2n) is 4.29. The molecule has 0 amide bonds. The number of esters is 1. The third-order valence-corrected chi connectivity index (χ3v) is 3.71. The van der Waals surface area contributed by atoms with Crippen molar-refractivity contribution in [3.05, 3.63) is 10.6 Å². The van der Waals surface area contributed by atoms with E-state index < -0.39 is 0 Å². The Hall–Kier alpha value is -1.01. The fraction of sp³-hybridized carbons (Fsp3) is 0.727. The molecule has 1 aliphatic rings. The average molecular weight is 256 g/mol. The maximum absolute atomic E-state index is 11.8. The van der Waals surface area contributed by atoms with Crippen molar-refractivity contribution in [2.75, 3.05) is 6.61 Å². The van der Waals surface area contributed by atoms with Gasteiger partial charge in [0.05, 0.1) is 22.6 Å². The van der Waals surface area contributed by atoms with Crippen LogP contribution < -0.4 is 0 Å². The van der Waals surface area contributed by atoms with Crippen molar-refractivity contribution in [2.45, 2.75) is 39.4 Å². The molecule has 0 saturated carbocycles. The van der Waals surface area contributed by atoms with Crippen LogP contribution in [0.2, 0.25) is 0 Å². The lowest BCUT2D eigenvalue weighted by Crippen LogP contribution is -2.29. The molecular weight excluding hydrogens is 240 g/mol. The van der Waals surface area contributed by atoms with Crippen molar-refractivity contribution in [3.63, 3.8) is 0 Å². The van der Waals surface area contributed by atoms with Gasteiger partial charge in [-0.1, -0.05) is 4.49 Å². The molecule has 0 aromatic carbocycles. The predicted octanol–water partition coefficient (Wildman–Crippen LogP) is 1.70. The van der Waals surface area contributed by atoms with Crippen molar-refractivity contribution in [2.24, 2.45) is 5.92 Å². The van der Waals surface area contributed by atoms with Gasteiger partial charge in [-0.3, -0.25) is 4.79 Å². The molecule has 0 aliphatic carbocycles. The van der Waals surface area contributed by atoms with Gasteiger partial charge in [0.15, 0.2) is 0 Å². The van der Waals surface area contributed by atoms with Gasteiger partial charge in [0.2, 0.25) is 0 Å². The first-order valence-electron chi connectivity index (χ1n) is 5.73. The molecule has 2 unspecified atom stereocenters. The molecule has 2 rings (SSSR count). The van der Waals surface area contributed by atoms with Crippen LogP contribution in [0.1, 0.15) is 30.3 Å². The lowest BCUT2D eigenvalue weighted by Gasteiger charge is -2.25. The summed E-state index contributed by atoms with van der Waals surface area (Å²) in [6.45, 7) is 4.77. The Morgan fingerprint density at radius 3 is 3.12 bits per heavy atom. The lowest BCUT2D eigenvalue weighted by atomic mass is 9.96. The molecule has 2 atom stereocenters. The Labute approximate surface area is 104 Å². The van der Waals surface area contributed by atoms with E-state index in [4.69, 9.17) is 9.47 Å². The molecule has 0 bridgehead atoms. The molecule has 2 heterocycles. The summed E-state index contributed by atoms with van der Waals surface area (Å²) in [5, 5.41) is 3.88. The highest BCUT2D eigenvalue weighted by molar-refractivity contribution is 7.05. The number of rotatable bonds is 3. The lowest BCUT2D eigenvalue weighted by molar-refractivity contribution is -0.154. The predicted molar refractivity (Wildman–Crippen MR) is 62.6 cm³/mol. The first kappa shape index (κ1) is 12.4. The fourth-order valence-electron chi connectivity index (χ4n) is 1.85. The minimum Gasteiger partial charge on any atom is -0.460 e. The van der Waals surface area contributed by atoms with Crippen molar-refractivity contribution in [1.82, 2.24) is 9.59 Å². The van der Waals surface area contributed by atoms with Gasteiger partial charge in [-0.05, 0) is 38.2 Å². The summed E-state index contributed by atoms with van der Waals surface area (Å²) in [4.78, 5) is 12.8. The van der Waals surface area contributed by atoms with Gasteiger partial charge in [0.1, 0.15) is 6.61 Å². The molecule has 1 fully saturated rings. The van der Waals surface area contributed by atoms with Gasteiger partial charge < -0.3 is 9.47 Å². The summed E-state index contributed by atoms with van der Waals surface area (Å²) < 4.78 is 14.5. The highest BCUT2D eigenvalue weighted by Crippen LogP contribution is 2.22. The smallest absolute Gasteiger partial charge is 0.309 e. The molecule has 1 saturated heterocycles. The van der Waals surface area contributed by atoms with Gasteiger partial charge in [-0.15, -0.1) is 5.10 Å². The number of aromatic nitrogens is 2. The Balaban J connectivity index is 1.83. The third kappa shape index (κ3) is 3.23. The molecule has 1 aromatic rings. The zero-order valence-corrected chi connectivity index (χ0v) is 10.8. The van der Waals surface area contributed by atoms with E-state index in [1.54, 1.807) is 0 Å². The largest absolute Gasteiger partial charge is 0.460 e. The molecule has 0 radical (unpaired) electrons. The van der Waals surface area contributed by atoms with Crippen molar-refractivity contribution < 1.29 is 14.3 Å². The molecule has 1 aliphatic heterocycles. The van der Waals surface area contributed by atoms with Gasteiger partial charge in [0.25, 0.3) is 0 Å². The summed E-state index contributed by atoms with van der Waals surface area (Å²) >= 11 is 1.28. The van der Waals surface area contributed by atoms with Crippen molar-refractivity contribution >= 4 is 17.5 Å². The minimum atomic E-state index is -0.132. The third-order valence-electron chi connectivity index (χ3n) is 2.91. The van der Waals surface area contributed by atoms with Crippen LogP contribution in [0, 0.1) is 12.8 Å². The Morgan fingerprint density at radius 1 is 1.65 bits per heavy atom. The molecule has 0 N–H and O–H groups in total. The molecule has 17 heavy (non-hydrogen) atoms. The second-order valence-corrected chi connectivity index (χ2v) is 5.13. The number of hydrogen-bond donors (Lipinski definition) is 0. The average Bonchev–Trinajstić information content (AvgIpc) is 2.72. The number of carbonyl (C=O) groups is 1. The van der Waals surface area contributed by atoms with Crippen LogP contribution in [0.5, 0.6) is 0 Å². The van der Waals surface area contributed by atoms with E-state index in [2.05, 4.69) is 9.59 Å². The molecule has 0 spiro atoms. The van der Waals surface area contributed by atoms with E-state index in [1.807, 2.05) is 13.8 Å². The summed E-state index contributed by atoms with van der Waals surface area (Å²) in [6, 6.07) is 0. The molecule has 6 heteroatoms. The summed E-state index contributed by atoms with van der Waals surface area (Å²) in [7, 11) is 0. The maximum Gasteiger partial charge on any atom is 0.309 e. The maximum atomic E-state index is 11.8. The van der Waals surface area contributed by atoms with E-state index in [0.717, 1.165) is 23.4 Å². The number of hydrogen-bond acceptors (Lipinski definition) is 6. The van der Waals surface area contributed by atoms with Gasteiger partial charge in [0, 0.05) is 6.61 Å². The summed E-state index contributed by atoms with van der Waals surface area (Å²) in [6.07, 6.45) is 1.65. The molecule has 94 valence electrons. The SMILES string of the molecule is Cc1nnsc1COC(=O)C1CCOC(C)C1. The first-order chi connectivity index (χ1) is 8.16. The van der Waals surface area contributed by atoms with Crippen molar-refractivity contribution in [1.29, 1.82) is 0 Å². The number of carbonyl (C=O) groups excluding carboxylic acids is 1. The standard InChI is InChI=1S/C11H16N2O3S/c1-7-5-9(3-4-15-7)11(14)16-6-10-8(2)12-13-17-10/h7,9H,3-6H2,1-2H3. The quantitative estimate of drug-likeness (QED) is 0.770. The topological polar surface area (TPSA) is 61.3 Å². The fourth-order valence-corrected chi connectivity index (χ4v) is 2.40. The summed E-state index contributed by atoms with van der Waals surface area (Å²) in [5.74, 6) is -0.159. The highest BCUT2D eigenvalue weighted by atomic mass is 32.1. The Morgan fingerprint density at radius 2 is 2.47 bits per heavy atom. The molecule has 5 nitrogen and oxygen atoms in total. The van der Waals surface area contributed by atoms with E-state index in [0.29, 0.717) is 6.61 Å². The zero-order valence-electron chi connectivity index (χ0n) is 10.0. The van der Waals surface area contributed by atoms with Gasteiger partial charge in [-0.2, -0.15) is 0 Å². The number of ether oxygens (including phenoxy) is 2. The van der Waals surface area contributed by atoms with Crippen LogP contribution in [0.15, 0.2) is 0 Å². The molecule has 1 aromatic heterocycles. The van der Waals surface area contributed by atoms with Crippen LogP contribution in [-0.4, -0.2) is 28.3 Å². The first-order valence-corrected chi connectivity index (χ1v) is 6.50. The Kier molecular flexibility index (Phi) is 4.06. The van der Waals surface area contributed by atoms with E-state index in [1.165, 1.54) is 11.5 Å². The summed E-state index contributed by atoms with van der Waals surface area (Å²) in [5.41, 5.74) is 0.836. The molecular formula is C11H16N2O3S. The number of nitrogens with zero attached hydrogens (tertiary/aromatic N) is 2. The Bertz CT molecular complexity index is 394. The highest BCUT2D eigenvalue weighted by Gasteiger charge is 2.27. The van der Waals surface area contributed by atoms with E-state index in [-0.39, 0.29) is 24.6 Å². The van der Waals surface area contributed by atoms with E-state index in [9.17, 15) is 4.79 Å². The number of aryl methyl sites for hydroxylation is 1. The van der Waals surface area contributed by atoms with Crippen LogP contribution >= 0.6 is 11.5 Å². The minimum absolute atomic E-state index is 0.0278.